The van der Waals surface area contributed by atoms with Gasteiger partial charge in [-0.2, -0.15) is 0 Å². The van der Waals surface area contributed by atoms with Gasteiger partial charge in [0.15, 0.2) is 0 Å². The normalized spacial score (nSPS) is 17.5. The first-order valence-corrected chi connectivity index (χ1v) is 9.28. The fourth-order valence-corrected chi connectivity index (χ4v) is 3.84. The minimum absolute atomic E-state index is 0.0385. The third-order valence-corrected chi connectivity index (χ3v) is 5.31. The SMILES string of the molecule is COc1nn(C)cc1C(=O)N1CCC[C@H](c2nnc(-c3cccs3)o2)C1. The molecule has 26 heavy (non-hydrogen) atoms. The zero-order valence-corrected chi connectivity index (χ0v) is 15.4. The lowest BCUT2D eigenvalue weighted by atomic mass is 9.97. The maximum absolute atomic E-state index is 12.9. The topological polar surface area (TPSA) is 86.3 Å². The lowest BCUT2D eigenvalue weighted by molar-refractivity contribution is 0.0695. The molecule has 1 fully saturated rings. The van der Waals surface area contributed by atoms with Crippen LogP contribution < -0.4 is 4.74 Å². The summed E-state index contributed by atoms with van der Waals surface area (Å²) in [6, 6.07) is 3.90. The first-order valence-electron chi connectivity index (χ1n) is 8.40. The fraction of sp³-hybridized carbons (Fsp3) is 0.412. The molecule has 3 aromatic heterocycles. The molecule has 0 bridgehead atoms. The van der Waals surface area contributed by atoms with Gasteiger partial charge in [0, 0.05) is 26.3 Å². The van der Waals surface area contributed by atoms with E-state index in [1.165, 1.54) is 7.11 Å². The second-order valence-electron chi connectivity index (χ2n) is 6.24. The number of rotatable bonds is 4. The Balaban J connectivity index is 1.51. The van der Waals surface area contributed by atoms with E-state index in [2.05, 4.69) is 15.3 Å². The van der Waals surface area contributed by atoms with Crippen molar-refractivity contribution in [3.63, 3.8) is 0 Å². The lowest BCUT2D eigenvalue weighted by Gasteiger charge is -2.30. The van der Waals surface area contributed by atoms with Crippen LogP contribution in [0.4, 0.5) is 0 Å². The number of hydrogen-bond acceptors (Lipinski definition) is 7. The summed E-state index contributed by atoms with van der Waals surface area (Å²) in [7, 11) is 3.28. The summed E-state index contributed by atoms with van der Waals surface area (Å²) in [5, 5.41) is 14.5. The molecule has 136 valence electrons. The van der Waals surface area contributed by atoms with Crippen LogP contribution in [0.3, 0.4) is 0 Å². The van der Waals surface area contributed by atoms with Crippen molar-refractivity contribution in [2.75, 3.05) is 20.2 Å². The zero-order valence-electron chi connectivity index (χ0n) is 14.6. The van der Waals surface area contributed by atoms with E-state index in [4.69, 9.17) is 9.15 Å². The Labute approximate surface area is 154 Å². The molecule has 1 aliphatic rings. The maximum atomic E-state index is 12.9. The molecule has 0 radical (unpaired) electrons. The molecule has 9 heteroatoms. The lowest BCUT2D eigenvalue weighted by Crippen LogP contribution is -2.39. The summed E-state index contributed by atoms with van der Waals surface area (Å²) in [6.07, 6.45) is 3.49. The Morgan fingerprint density at radius 3 is 3.08 bits per heavy atom. The second-order valence-corrected chi connectivity index (χ2v) is 7.19. The first kappa shape index (κ1) is 16.8. The minimum atomic E-state index is -0.0855. The molecule has 1 atom stereocenters. The van der Waals surface area contributed by atoms with Crippen LogP contribution in [-0.4, -0.2) is 51.0 Å². The van der Waals surface area contributed by atoms with Crippen LogP contribution >= 0.6 is 11.3 Å². The van der Waals surface area contributed by atoms with Gasteiger partial charge in [0.2, 0.25) is 11.8 Å². The third kappa shape index (κ3) is 3.10. The summed E-state index contributed by atoms with van der Waals surface area (Å²) in [5.74, 6) is 1.42. The second kappa shape index (κ2) is 6.91. The Morgan fingerprint density at radius 2 is 2.31 bits per heavy atom. The molecule has 4 rings (SSSR count). The van der Waals surface area contributed by atoms with Crippen LogP contribution in [-0.2, 0) is 7.05 Å². The summed E-state index contributed by atoms with van der Waals surface area (Å²) in [5.41, 5.74) is 0.473. The van der Waals surface area contributed by atoms with Crippen molar-refractivity contribution in [1.82, 2.24) is 24.9 Å². The van der Waals surface area contributed by atoms with E-state index in [-0.39, 0.29) is 11.8 Å². The fourth-order valence-electron chi connectivity index (χ4n) is 3.20. The van der Waals surface area contributed by atoms with E-state index in [0.29, 0.717) is 36.3 Å². The quantitative estimate of drug-likeness (QED) is 0.699. The van der Waals surface area contributed by atoms with Crippen molar-refractivity contribution in [3.8, 4) is 16.6 Å². The van der Waals surface area contributed by atoms with Crippen LogP contribution in [0.25, 0.3) is 10.8 Å². The monoisotopic (exact) mass is 373 g/mol. The number of ether oxygens (including phenoxy) is 1. The number of thiophene rings is 1. The van der Waals surface area contributed by atoms with E-state index in [1.807, 2.05) is 22.4 Å². The highest BCUT2D eigenvalue weighted by Gasteiger charge is 2.31. The molecule has 0 aromatic carbocycles. The predicted octanol–water partition coefficient (Wildman–Crippen LogP) is 2.56. The number of nitrogens with zero attached hydrogens (tertiary/aromatic N) is 5. The molecule has 4 heterocycles. The summed E-state index contributed by atoms with van der Waals surface area (Å²) in [4.78, 5) is 15.6. The summed E-state index contributed by atoms with van der Waals surface area (Å²) >= 11 is 1.56. The number of amides is 1. The number of hydrogen-bond donors (Lipinski definition) is 0. The Morgan fingerprint density at radius 1 is 1.42 bits per heavy atom. The molecule has 1 saturated heterocycles. The minimum Gasteiger partial charge on any atom is -0.479 e. The van der Waals surface area contributed by atoms with E-state index in [1.54, 1.807) is 29.3 Å². The highest BCUT2D eigenvalue weighted by Crippen LogP contribution is 2.31. The number of carbonyl (C=O) groups excluding carboxylic acids is 1. The largest absolute Gasteiger partial charge is 0.479 e. The predicted molar refractivity (Wildman–Crippen MR) is 95.2 cm³/mol. The molecule has 8 nitrogen and oxygen atoms in total. The molecule has 0 N–H and O–H groups in total. The smallest absolute Gasteiger partial charge is 0.260 e. The van der Waals surface area contributed by atoms with Gasteiger partial charge in [0.1, 0.15) is 5.56 Å². The van der Waals surface area contributed by atoms with E-state index >= 15 is 0 Å². The zero-order chi connectivity index (χ0) is 18.1. The molecule has 1 aliphatic heterocycles. The van der Waals surface area contributed by atoms with Crippen LogP contribution in [0.2, 0.25) is 0 Å². The average Bonchev–Trinajstić information content (AvgIpc) is 3.40. The van der Waals surface area contributed by atoms with Crippen molar-refractivity contribution in [2.24, 2.45) is 7.05 Å². The average molecular weight is 373 g/mol. The Bertz CT molecular complexity index is 902. The van der Waals surface area contributed by atoms with Gasteiger partial charge in [-0.3, -0.25) is 9.48 Å². The highest BCUT2D eigenvalue weighted by atomic mass is 32.1. The van der Waals surface area contributed by atoms with Crippen LogP contribution in [0.1, 0.15) is 35.0 Å². The summed E-state index contributed by atoms with van der Waals surface area (Å²) < 4.78 is 12.7. The van der Waals surface area contributed by atoms with E-state index in [0.717, 1.165) is 17.7 Å². The van der Waals surface area contributed by atoms with Gasteiger partial charge in [0.25, 0.3) is 11.8 Å². The molecular formula is C17H19N5O3S. The van der Waals surface area contributed by atoms with Crippen molar-refractivity contribution in [1.29, 1.82) is 0 Å². The van der Waals surface area contributed by atoms with Crippen LogP contribution in [0.5, 0.6) is 5.88 Å². The van der Waals surface area contributed by atoms with Crippen LogP contribution in [0, 0.1) is 0 Å². The highest BCUT2D eigenvalue weighted by molar-refractivity contribution is 7.13. The standard InChI is InChI=1S/C17H19N5O3S/c1-21-10-12(15(20-21)24-2)17(23)22-7-3-5-11(9-22)14-18-19-16(25-14)13-6-4-8-26-13/h4,6,8,10-11H,3,5,7,9H2,1-2H3/t11-/m0/s1. The van der Waals surface area contributed by atoms with Gasteiger partial charge in [0.05, 0.1) is 17.9 Å². The number of aromatic nitrogens is 4. The van der Waals surface area contributed by atoms with Gasteiger partial charge in [-0.25, -0.2) is 0 Å². The van der Waals surface area contributed by atoms with E-state index < -0.39 is 0 Å². The molecule has 0 aliphatic carbocycles. The summed E-state index contributed by atoms with van der Waals surface area (Å²) in [6.45, 7) is 1.24. The number of piperidine rings is 1. The van der Waals surface area contributed by atoms with Gasteiger partial charge in [-0.15, -0.1) is 26.6 Å². The maximum Gasteiger partial charge on any atom is 0.260 e. The molecule has 0 spiro atoms. The molecule has 3 aromatic rings. The van der Waals surface area contributed by atoms with Crippen molar-refractivity contribution < 1.29 is 13.9 Å². The van der Waals surface area contributed by atoms with Gasteiger partial charge in [-0.05, 0) is 24.3 Å². The molecule has 0 saturated carbocycles. The number of likely N-dealkylation sites (tertiary alicyclic amines) is 1. The van der Waals surface area contributed by atoms with Crippen LogP contribution in [0.15, 0.2) is 28.1 Å². The van der Waals surface area contributed by atoms with E-state index in [9.17, 15) is 4.79 Å². The number of carbonyl (C=O) groups is 1. The van der Waals surface area contributed by atoms with Gasteiger partial charge >= 0.3 is 0 Å². The third-order valence-electron chi connectivity index (χ3n) is 4.45. The van der Waals surface area contributed by atoms with Crippen molar-refractivity contribution in [2.45, 2.75) is 18.8 Å². The number of methoxy groups -OCH3 is 1. The molecule has 1 amide bonds. The van der Waals surface area contributed by atoms with Crippen molar-refractivity contribution >= 4 is 17.2 Å². The van der Waals surface area contributed by atoms with Gasteiger partial charge < -0.3 is 14.1 Å². The number of aryl methyl sites for hydroxylation is 1. The van der Waals surface area contributed by atoms with Gasteiger partial charge in [-0.1, -0.05) is 6.07 Å². The van der Waals surface area contributed by atoms with Crippen molar-refractivity contribution in [3.05, 3.63) is 35.2 Å². The molecule has 0 unspecified atom stereocenters. The first-order chi connectivity index (χ1) is 12.7. The Hall–Kier alpha value is -2.68. The Kier molecular flexibility index (Phi) is 4.46. The molecular weight excluding hydrogens is 354 g/mol.